The number of carbonyl (C=O) groups is 2. The number of ether oxygens (including phenoxy) is 3. The van der Waals surface area contributed by atoms with E-state index in [4.69, 9.17) is 14.2 Å². The lowest BCUT2D eigenvalue weighted by atomic mass is 10.00. The summed E-state index contributed by atoms with van der Waals surface area (Å²) < 4.78 is 15.5. The third kappa shape index (κ3) is 5.38. The lowest BCUT2D eigenvalue weighted by Crippen LogP contribution is -2.31. The van der Waals surface area contributed by atoms with Crippen molar-refractivity contribution in [2.75, 3.05) is 20.3 Å². The van der Waals surface area contributed by atoms with Crippen LogP contribution in [0, 0.1) is 10.1 Å². The highest BCUT2D eigenvalue weighted by atomic mass is 16.6. The number of esters is 1. The van der Waals surface area contributed by atoms with Crippen LogP contribution < -0.4 is 14.8 Å². The van der Waals surface area contributed by atoms with Gasteiger partial charge in [0.25, 0.3) is 11.6 Å². The molecule has 0 spiro atoms. The van der Waals surface area contributed by atoms with Crippen molar-refractivity contribution in [1.29, 1.82) is 0 Å². The van der Waals surface area contributed by atoms with E-state index in [1.807, 2.05) is 49.4 Å². The lowest BCUT2D eigenvalue weighted by molar-refractivity contribution is -0.385. The van der Waals surface area contributed by atoms with Crippen LogP contribution in [0.1, 0.15) is 35.8 Å². The summed E-state index contributed by atoms with van der Waals surface area (Å²) in [6, 6.07) is 15.5. The summed E-state index contributed by atoms with van der Waals surface area (Å²) in [4.78, 5) is 35.7. The predicted octanol–water partition coefficient (Wildman–Crippen LogP) is 4.19. The minimum Gasteiger partial charge on any atom is -0.493 e. The molecule has 172 valence electrons. The van der Waals surface area contributed by atoms with E-state index in [1.165, 1.54) is 13.2 Å². The first kappa shape index (κ1) is 23.5. The molecule has 3 aromatic carbocycles. The maximum Gasteiger partial charge on any atom is 0.345 e. The first-order valence-corrected chi connectivity index (χ1v) is 10.3. The molecule has 0 heterocycles. The van der Waals surface area contributed by atoms with E-state index in [9.17, 15) is 19.7 Å². The normalized spacial score (nSPS) is 11.5. The average molecular weight is 452 g/mol. The molecule has 0 aromatic heterocycles. The summed E-state index contributed by atoms with van der Waals surface area (Å²) in [5.41, 5.74) is 0.0728. The van der Waals surface area contributed by atoms with Crippen molar-refractivity contribution < 1.29 is 28.7 Å². The van der Waals surface area contributed by atoms with Crippen LogP contribution in [0.5, 0.6) is 11.5 Å². The van der Waals surface area contributed by atoms with Crippen LogP contribution in [0.15, 0.2) is 54.6 Å². The molecule has 0 radical (unpaired) electrons. The summed E-state index contributed by atoms with van der Waals surface area (Å²) in [5, 5.41) is 16.3. The van der Waals surface area contributed by atoms with Gasteiger partial charge in [0, 0.05) is 6.07 Å². The Hall–Kier alpha value is -4.14. The second-order valence-electron chi connectivity index (χ2n) is 7.14. The number of nitrogens with zero attached hydrogens (tertiary/aromatic N) is 1. The number of nitro groups is 1. The van der Waals surface area contributed by atoms with Gasteiger partial charge in [-0.15, -0.1) is 0 Å². The molecule has 3 rings (SSSR count). The molecule has 0 aliphatic heterocycles. The van der Waals surface area contributed by atoms with Crippen LogP contribution in [0.4, 0.5) is 5.69 Å². The summed E-state index contributed by atoms with van der Waals surface area (Å²) in [6.07, 6.45) is 0. The fourth-order valence-corrected chi connectivity index (χ4v) is 3.49. The topological polar surface area (TPSA) is 117 Å². The van der Waals surface area contributed by atoms with E-state index in [-0.39, 0.29) is 29.7 Å². The summed E-state index contributed by atoms with van der Waals surface area (Å²) in [6.45, 7) is 3.20. The third-order valence-corrected chi connectivity index (χ3v) is 5.00. The van der Waals surface area contributed by atoms with Crippen molar-refractivity contribution in [3.05, 3.63) is 75.8 Å². The highest BCUT2D eigenvalue weighted by Gasteiger charge is 2.26. The van der Waals surface area contributed by atoms with Gasteiger partial charge < -0.3 is 19.5 Å². The van der Waals surface area contributed by atoms with E-state index >= 15 is 0 Å². The highest BCUT2D eigenvalue weighted by Crippen LogP contribution is 2.35. The quantitative estimate of drug-likeness (QED) is 0.294. The molecular weight excluding hydrogens is 428 g/mol. The second-order valence-corrected chi connectivity index (χ2v) is 7.14. The average Bonchev–Trinajstić information content (AvgIpc) is 2.81. The minimum absolute atomic E-state index is 0.130. The first-order chi connectivity index (χ1) is 15.8. The Morgan fingerprint density at radius 3 is 2.52 bits per heavy atom. The first-order valence-electron chi connectivity index (χ1n) is 10.3. The molecule has 1 unspecified atom stereocenters. The highest BCUT2D eigenvalue weighted by molar-refractivity contribution is 5.96. The number of hydrogen-bond donors (Lipinski definition) is 1. The van der Waals surface area contributed by atoms with Gasteiger partial charge in [-0.1, -0.05) is 42.5 Å². The van der Waals surface area contributed by atoms with Crippen LogP contribution in [-0.2, 0) is 9.53 Å². The summed E-state index contributed by atoms with van der Waals surface area (Å²) in [5.74, 6) is -1.28. The molecule has 9 heteroatoms. The lowest BCUT2D eigenvalue weighted by Gasteiger charge is -2.17. The fourth-order valence-electron chi connectivity index (χ4n) is 3.49. The standard InChI is InChI=1S/C24H24N2O7/c1-4-32-22-13-20(26(29)30)19(12-21(22)31-3)24(28)33-14-23(27)25-15(2)17-11-7-9-16-8-5-6-10-18(16)17/h5-13,15H,4,14H2,1-3H3,(H,25,27). The number of amides is 1. The zero-order valence-corrected chi connectivity index (χ0v) is 18.5. The van der Waals surface area contributed by atoms with E-state index in [0.717, 1.165) is 22.4 Å². The van der Waals surface area contributed by atoms with E-state index < -0.39 is 29.1 Å². The van der Waals surface area contributed by atoms with Crippen molar-refractivity contribution in [2.45, 2.75) is 19.9 Å². The maximum absolute atomic E-state index is 12.5. The van der Waals surface area contributed by atoms with Crippen LogP contribution in [-0.4, -0.2) is 37.1 Å². The summed E-state index contributed by atoms with van der Waals surface area (Å²) >= 11 is 0. The van der Waals surface area contributed by atoms with Gasteiger partial charge in [0.15, 0.2) is 18.1 Å². The van der Waals surface area contributed by atoms with Crippen LogP contribution >= 0.6 is 0 Å². The summed E-state index contributed by atoms with van der Waals surface area (Å²) in [7, 11) is 1.35. The molecule has 9 nitrogen and oxygen atoms in total. The molecule has 0 saturated carbocycles. The number of methoxy groups -OCH3 is 1. The minimum atomic E-state index is -1.02. The predicted molar refractivity (Wildman–Crippen MR) is 122 cm³/mol. The Balaban J connectivity index is 1.71. The zero-order chi connectivity index (χ0) is 24.0. The molecule has 0 aliphatic carbocycles. The van der Waals surface area contributed by atoms with Gasteiger partial charge >= 0.3 is 5.97 Å². The molecular formula is C24H24N2O7. The Morgan fingerprint density at radius 2 is 1.82 bits per heavy atom. The second kappa shape index (κ2) is 10.4. The fraction of sp³-hybridized carbons (Fsp3) is 0.250. The van der Waals surface area contributed by atoms with Crippen molar-refractivity contribution in [1.82, 2.24) is 5.32 Å². The molecule has 0 fully saturated rings. The van der Waals surface area contributed by atoms with Crippen molar-refractivity contribution in [3.63, 3.8) is 0 Å². The van der Waals surface area contributed by atoms with Crippen LogP contribution in [0.2, 0.25) is 0 Å². The third-order valence-electron chi connectivity index (χ3n) is 5.00. The van der Waals surface area contributed by atoms with Crippen molar-refractivity contribution in [3.8, 4) is 11.5 Å². The molecule has 3 aromatic rings. The van der Waals surface area contributed by atoms with Gasteiger partial charge in [0.05, 0.1) is 30.7 Å². The maximum atomic E-state index is 12.5. The van der Waals surface area contributed by atoms with Crippen molar-refractivity contribution >= 4 is 28.3 Å². The van der Waals surface area contributed by atoms with E-state index in [2.05, 4.69) is 5.32 Å². The molecule has 1 N–H and O–H groups in total. The largest absolute Gasteiger partial charge is 0.493 e. The number of hydrogen-bond acceptors (Lipinski definition) is 7. The molecule has 0 bridgehead atoms. The van der Waals surface area contributed by atoms with Crippen LogP contribution in [0.3, 0.4) is 0 Å². The number of nitrogens with one attached hydrogen (secondary N) is 1. The Labute approximate surface area is 190 Å². The molecule has 0 aliphatic rings. The Morgan fingerprint density at radius 1 is 1.09 bits per heavy atom. The zero-order valence-electron chi connectivity index (χ0n) is 18.5. The van der Waals surface area contributed by atoms with Crippen molar-refractivity contribution in [2.24, 2.45) is 0 Å². The van der Waals surface area contributed by atoms with Gasteiger partial charge in [-0.2, -0.15) is 0 Å². The number of benzene rings is 3. The Kier molecular flexibility index (Phi) is 7.45. The van der Waals surface area contributed by atoms with Crippen LogP contribution in [0.25, 0.3) is 10.8 Å². The number of rotatable bonds is 9. The number of carbonyl (C=O) groups excluding carboxylic acids is 2. The van der Waals surface area contributed by atoms with E-state index in [1.54, 1.807) is 6.92 Å². The molecule has 1 amide bonds. The molecule has 1 atom stereocenters. The van der Waals surface area contributed by atoms with Gasteiger partial charge in [-0.25, -0.2) is 4.79 Å². The van der Waals surface area contributed by atoms with Gasteiger partial charge in [-0.05, 0) is 30.2 Å². The van der Waals surface area contributed by atoms with Gasteiger partial charge in [0.1, 0.15) is 5.56 Å². The van der Waals surface area contributed by atoms with Gasteiger partial charge in [0.2, 0.25) is 0 Å². The number of fused-ring (bicyclic) bond motifs is 1. The SMILES string of the molecule is CCOc1cc([N+](=O)[O-])c(C(=O)OCC(=O)NC(C)c2cccc3ccccc23)cc1OC. The number of nitro benzene ring substituents is 1. The monoisotopic (exact) mass is 452 g/mol. The molecule has 0 saturated heterocycles. The molecule has 33 heavy (non-hydrogen) atoms. The smallest absolute Gasteiger partial charge is 0.345 e. The van der Waals surface area contributed by atoms with E-state index in [0.29, 0.717) is 0 Å². The van der Waals surface area contributed by atoms with Gasteiger partial charge in [-0.3, -0.25) is 14.9 Å². The Bertz CT molecular complexity index is 1190.